The summed E-state index contributed by atoms with van der Waals surface area (Å²) < 4.78 is 0. The van der Waals surface area contributed by atoms with Crippen molar-refractivity contribution in [1.29, 1.82) is 0 Å². The summed E-state index contributed by atoms with van der Waals surface area (Å²) in [5.74, 6) is -1.18. The van der Waals surface area contributed by atoms with Gasteiger partial charge in [-0.05, 0) is 93.6 Å². The van der Waals surface area contributed by atoms with E-state index in [1.54, 1.807) is 12.1 Å². The molecular formula is C25H32N4O4. The standard InChI is InChI=1S/C25H32N4O4/c30-21-4-3-20(22(31)28-21)29-23(32)18-2-1-17(13-19(18)24(29)33)15-27-14-16-5-7-25(8-6-16)9-11-26-12-10-25/h1-2,13,16,20,26-27H,3-12,14-15H2,(H,28,30,31). The Morgan fingerprint density at radius 1 is 0.939 bits per heavy atom. The van der Waals surface area contributed by atoms with Crippen molar-refractivity contribution in [3.8, 4) is 0 Å². The summed E-state index contributed by atoms with van der Waals surface area (Å²) in [7, 11) is 0. The molecule has 1 aliphatic carbocycles. The van der Waals surface area contributed by atoms with Crippen molar-refractivity contribution in [2.75, 3.05) is 19.6 Å². The van der Waals surface area contributed by atoms with Crippen LogP contribution in [0.1, 0.15) is 77.6 Å². The second kappa shape index (κ2) is 8.99. The molecule has 2 saturated heterocycles. The fourth-order valence-electron chi connectivity index (χ4n) is 6.00. The molecule has 1 saturated carbocycles. The van der Waals surface area contributed by atoms with E-state index in [1.165, 1.54) is 38.5 Å². The van der Waals surface area contributed by atoms with Crippen LogP contribution in [0.15, 0.2) is 18.2 Å². The van der Waals surface area contributed by atoms with E-state index >= 15 is 0 Å². The third-order valence-corrected chi connectivity index (χ3v) is 8.10. The number of rotatable bonds is 5. The van der Waals surface area contributed by atoms with Gasteiger partial charge in [-0.3, -0.25) is 29.4 Å². The Morgan fingerprint density at radius 3 is 2.39 bits per heavy atom. The average molecular weight is 453 g/mol. The first-order valence-corrected chi connectivity index (χ1v) is 12.2. The molecule has 3 heterocycles. The van der Waals surface area contributed by atoms with Crippen LogP contribution in [0.2, 0.25) is 0 Å². The third-order valence-electron chi connectivity index (χ3n) is 8.10. The molecule has 8 nitrogen and oxygen atoms in total. The minimum Gasteiger partial charge on any atom is -0.317 e. The Kier molecular flexibility index (Phi) is 6.05. The van der Waals surface area contributed by atoms with Gasteiger partial charge < -0.3 is 10.6 Å². The summed E-state index contributed by atoms with van der Waals surface area (Å²) >= 11 is 0. The van der Waals surface area contributed by atoms with Gasteiger partial charge in [0.25, 0.3) is 11.8 Å². The lowest BCUT2D eigenvalue weighted by atomic mass is 9.66. The molecule has 4 aliphatic rings. The highest BCUT2D eigenvalue weighted by Crippen LogP contribution is 2.44. The predicted octanol–water partition coefficient (Wildman–Crippen LogP) is 1.74. The number of hydrogen-bond acceptors (Lipinski definition) is 6. The van der Waals surface area contributed by atoms with Crippen molar-refractivity contribution in [2.45, 2.75) is 64.0 Å². The van der Waals surface area contributed by atoms with Gasteiger partial charge in [0.2, 0.25) is 11.8 Å². The normalized spacial score (nSPS) is 25.5. The van der Waals surface area contributed by atoms with Crippen LogP contribution >= 0.6 is 0 Å². The number of hydrogen-bond donors (Lipinski definition) is 3. The molecule has 5 rings (SSSR count). The van der Waals surface area contributed by atoms with Gasteiger partial charge in [-0.1, -0.05) is 6.07 Å². The van der Waals surface area contributed by atoms with Gasteiger partial charge >= 0.3 is 0 Å². The van der Waals surface area contributed by atoms with E-state index in [0.29, 0.717) is 29.0 Å². The summed E-state index contributed by atoms with van der Waals surface area (Å²) in [5, 5.41) is 9.24. The van der Waals surface area contributed by atoms with Crippen molar-refractivity contribution in [3.63, 3.8) is 0 Å². The molecule has 4 amide bonds. The zero-order valence-electron chi connectivity index (χ0n) is 19.0. The van der Waals surface area contributed by atoms with Crippen LogP contribution in [0.25, 0.3) is 0 Å². The topological polar surface area (TPSA) is 108 Å². The molecule has 1 unspecified atom stereocenters. The largest absolute Gasteiger partial charge is 0.317 e. The quantitative estimate of drug-likeness (QED) is 0.588. The van der Waals surface area contributed by atoms with Gasteiger partial charge in [-0.2, -0.15) is 0 Å². The fraction of sp³-hybridized carbons (Fsp3) is 0.600. The number of amides is 4. The highest BCUT2D eigenvalue weighted by atomic mass is 16.2. The zero-order chi connectivity index (χ0) is 23.0. The molecular weight excluding hydrogens is 420 g/mol. The molecule has 1 spiro atoms. The number of benzene rings is 1. The first-order chi connectivity index (χ1) is 16.0. The van der Waals surface area contributed by atoms with Crippen molar-refractivity contribution >= 4 is 23.6 Å². The lowest BCUT2D eigenvalue weighted by Crippen LogP contribution is -2.54. The molecule has 3 fully saturated rings. The molecule has 1 atom stereocenters. The molecule has 0 bridgehead atoms. The Hall–Kier alpha value is -2.58. The number of carbonyl (C=O) groups is 4. The smallest absolute Gasteiger partial charge is 0.262 e. The van der Waals surface area contributed by atoms with E-state index in [-0.39, 0.29) is 18.7 Å². The second-order valence-corrected chi connectivity index (χ2v) is 10.2. The van der Waals surface area contributed by atoms with Crippen LogP contribution in [-0.2, 0) is 16.1 Å². The maximum atomic E-state index is 13.0. The van der Waals surface area contributed by atoms with E-state index < -0.39 is 23.8 Å². The van der Waals surface area contributed by atoms with E-state index in [9.17, 15) is 19.2 Å². The number of carbonyl (C=O) groups excluding carboxylic acids is 4. The Bertz CT molecular complexity index is 975. The first-order valence-electron chi connectivity index (χ1n) is 12.2. The van der Waals surface area contributed by atoms with E-state index in [2.05, 4.69) is 16.0 Å². The molecule has 3 N–H and O–H groups in total. The number of nitrogens with zero attached hydrogens (tertiary/aromatic N) is 1. The maximum Gasteiger partial charge on any atom is 0.262 e. The van der Waals surface area contributed by atoms with Crippen LogP contribution in [0.5, 0.6) is 0 Å². The first kappa shape index (κ1) is 22.2. The zero-order valence-corrected chi connectivity index (χ0v) is 19.0. The summed E-state index contributed by atoms with van der Waals surface area (Å²) in [6.07, 6.45) is 8.10. The van der Waals surface area contributed by atoms with Crippen molar-refractivity contribution in [3.05, 3.63) is 34.9 Å². The SMILES string of the molecule is O=C1CCC(N2C(=O)c3ccc(CNCC4CCC5(CCNCC5)CC4)cc3C2=O)C(=O)N1. The fourth-order valence-corrected chi connectivity index (χ4v) is 6.00. The second-order valence-electron chi connectivity index (χ2n) is 10.2. The van der Waals surface area contributed by atoms with Crippen molar-refractivity contribution in [2.24, 2.45) is 11.3 Å². The van der Waals surface area contributed by atoms with Gasteiger partial charge in [0, 0.05) is 13.0 Å². The lowest BCUT2D eigenvalue weighted by Gasteiger charge is -2.43. The minimum atomic E-state index is -0.925. The van der Waals surface area contributed by atoms with Gasteiger partial charge in [0.05, 0.1) is 11.1 Å². The van der Waals surface area contributed by atoms with E-state index in [4.69, 9.17) is 0 Å². The van der Waals surface area contributed by atoms with Gasteiger partial charge in [-0.25, -0.2) is 0 Å². The van der Waals surface area contributed by atoms with Crippen LogP contribution in [0.3, 0.4) is 0 Å². The lowest BCUT2D eigenvalue weighted by molar-refractivity contribution is -0.136. The highest BCUT2D eigenvalue weighted by molar-refractivity contribution is 6.23. The van der Waals surface area contributed by atoms with Gasteiger partial charge in [-0.15, -0.1) is 0 Å². The third kappa shape index (κ3) is 4.34. The van der Waals surface area contributed by atoms with Crippen LogP contribution < -0.4 is 16.0 Å². The molecule has 1 aromatic carbocycles. The van der Waals surface area contributed by atoms with Crippen LogP contribution in [0.4, 0.5) is 0 Å². The van der Waals surface area contributed by atoms with Crippen molar-refractivity contribution < 1.29 is 19.2 Å². The van der Waals surface area contributed by atoms with E-state index in [1.807, 2.05) is 6.07 Å². The molecule has 8 heteroatoms. The van der Waals surface area contributed by atoms with Crippen LogP contribution in [-0.4, -0.2) is 54.2 Å². The van der Waals surface area contributed by atoms with Gasteiger partial charge in [0.1, 0.15) is 6.04 Å². The summed E-state index contributed by atoms with van der Waals surface area (Å²) in [6, 6.07) is 4.39. The summed E-state index contributed by atoms with van der Waals surface area (Å²) in [5.41, 5.74) is 2.19. The maximum absolute atomic E-state index is 13.0. The molecule has 3 aliphatic heterocycles. The average Bonchev–Trinajstić information content (AvgIpc) is 3.06. The summed E-state index contributed by atoms with van der Waals surface area (Å²) in [6.45, 7) is 3.91. The molecule has 0 radical (unpaired) electrons. The Morgan fingerprint density at radius 2 is 1.67 bits per heavy atom. The molecule has 1 aromatic rings. The summed E-state index contributed by atoms with van der Waals surface area (Å²) in [4.78, 5) is 50.4. The van der Waals surface area contributed by atoms with Gasteiger partial charge in [0.15, 0.2) is 0 Å². The Balaban J connectivity index is 1.16. The number of piperidine rings is 2. The van der Waals surface area contributed by atoms with Crippen molar-refractivity contribution in [1.82, 2.24) is 20.9 Å². The monoisotopic (exact) mass is 452 g/mol. The highest BCUT2D eigenvalue weighted by Gasteiger charge is 2.44. The molecule has 176 valence electrons. The minimum absolute atomic E-state index is 0.123. The number of nitrogens with one attached hydrogen (secondary N) is 3. The van der Waals surface area contributed by atoms with Crippen LogP contribution in [0, 0.1) is 11.3 Å². The van der Waals surface area contributed by atoms with E-state index in [0.717, 1.165) is 30.1 Å². The molecule has 0 aromatic heterocycles. The number of fused-ring (bicyclic) bond motifs is 1. The Labute approximate surface area is 193 Å². The number of imide groups is 2. The predicted molar refractivity (Wildman–Crippen MR) is 121 cm³/mol. The molecule has 33 heavy (non-hydrogen) atoms.